The fraction of sp³-hybridized carbons (Fsp3) is 0.750. The summed E-state index contributed by atoms with van der Waals surface area (Å²) in [6, 6.07) is -0.474. The second-order valence-corrected chi connectivity index (χ2v) is 5.49. The number of rotatable bonds is 2. The molecule has 0 spiro atoms. The molecule has 1 atom stereocenters. The van der Waals surface area contributed by atoms with Gasteiger partial charge in [-0.1, -0.05) is 20.8 Å². The summed E-state index contributed by atoms with van der Waals surface area (Å²) >= 11 is 0. The molecule has 1 aliphatic heterocycles. The topological polar surface area (TPSA) is 78.5 Å². The Morgan fingerprint density at radius 2 is 2.06 bits per heavy atom. The molecule has 6 nitrogen and oxygen atoms in total. The van der Waals surface area contributed by atoms with E-state index in [0.29, 0.717) is 13.1 Å². The standard InChI is InChI=1S/C12H21N3O3/c1-8-10(17)13-5-6-15(8)9(16)7-14-11(18)12(2,3)4/h8H,5-7H2,1-4H3,(H,13,17)(H,14,18). The van der Waals surface area contributed by atoms with E-state index in [1.54, 1.807) is 27.7 Å². The molecule has 18 heavy (non-hydrogen) atoms. The van der Waals surface area contributed by atoms with Crippen molar-refractivity contribution in [1.82, 2.24) is 15.5 Å². The van der Waals surface area contributed by atoms with Gasteiger partial charge in [0.15, 0.2) is 0 Å². The highest BCUT2D eigenvalue weighted by molar-refractivity contribution is 5.91. The van der Waals surface area contributed by atoms with E-state index in [-0.39, 0.29) is 24.3 Å². The van der Waals surface area contributed by atoms with E-state index >= 15 is 0 Å². The summed E-state index contributed by atoms with van der Waals surface area (Å²) in [6.45, 7) is 7.91. The van der Waals surface area contributed by atoms with Crippen molar-refractivity contribution in [2.75, 3.05) is 19.6 Å². The van der Waals surface area contributed by atoms with Crippen LogP contribution in [0, 0.1) is 5.41 Å². The minimum atomic E-state index is -0.523. The van der Waals surface area contributed by atoms with E-state index in [1.807, 2.05) is 0 Å². The molecule has 0 aromatic carbocycles. The number of hydrogen-bond acceptors (Lipinski definition) is 3. The van der Waals surface area contributed by atoms with Crippen LogP contribution in [0.4, 0.5) is 0 Å². The first-order chi connectivity index (χ1) is 8.23. The van der Waals surface area contributed by atoms with Crippen LogP contribution in [0.5, 0.6) is 0 Å². The first kappa shape index (κ1) is 14.5. The van der Waals surface area contributed by atoms with Crippen LogP contribution in [-0.2, 0) is 14.4 Å². The number of carbonyl (C=O) groups is 3. The van der Waals surface area contributed by atoms with Crippen LogP contribution in [-0.4, -0.2) is 48.3 Å². The Balaban J connectivity index is 2.51. The van der Waals surface area contributed by atoms with Gasteiger partial charge >= 0.3 is 0 Å². The summed E-state index contributed by atoms with van der Waals surface area (Å²) in [4.78, 5) is 36.5. The fourth-order valence-electron chi connectivity index (χ4n) is 1.65. The minimum Gasteiger partial charge on any atom is -0.353 e. The molecule has 1 heterocycles. The highest BCUT2D eigenvalue weighted by atomic mass is 16.2. The molecule has 0 aromatic rings. The van der Waals surface area contributed by atoms with Crippen molar-refractivity contribution in [3.63, 3.8) is 0 Å². The number of piperazine rings is 1. The average molecular weight is 255 g/mol. The van der Waals surface area contributed by atoms with E-state index in [2.05, 4.69) is 10.6 Å². The third kappa shape index (κ3) is 3.45. The lowest BCUT2D eigenvalue weighted by Gasteiger charge is -2.33. The maximum atomic E-state index is 11.9. The Hall–Kier alpha value is -1.59. The highest BCUT2D eigenvalue weighted by Gasteiger charge is 2.30. The first-order valence-corrected chi connectivity index (χ1v) is 6.09. The average Bonchev–Trinajstić information content (AvgIpc) is 2.27. The Morgan fingerprint density at radius 1 is 1.44 bits per heavy atom. The zero-order valence-electron chi connectivity index (χ0n) is 11.4. The lowest BCUT2D eigenvalue weighted by atomic mass is 9.96. The molecule has 1 rings (SSSR count). The maximum Gasteiger partial charge on any atom is 0.242 e. The quantitative estimate of drug-likeness (QED) is 0.698. The molecule has 3 amide bonds. The molecule has 1 unspecified atom stereocenters. The van der Waals surface area contributed by atoms with Crippen LogP contribution in [0.3, 0.4) is 0 Å². The predicted molar refractivity (Wildman–Crippen MR) is 66.6 cm³/mol. The second kappa shape index (κ2) is 5.37. The molecule has 2 N–H and O–H groups in total. The van der Waals surface area contributed by atoms with Gasteiger partial charge in [-0.15, -0.1) is 0 Å². The van der Waals surface area contributed by atoms with Crippen molar-refractivity contribution in [2.45, 2.75) is 33.7 Å². The van der Waals surface area contributed by atoms with Gasteiger partial charge < -0.3 is 15.5 Å². The van der Waals surface area contributed by atoms with Crippen LogP contribution >= 0.6 is 0 Å². The van der Waals surface area contributed by atoms with Gasteiger partial charge in [-0.2, -0.15) is 0 Å². The molecular formula is C12H21N3O3. The molecule has 102 valence electrons. The third-order valence-electron chi connectivity index (χ3n) is 2.90. The van der Waals surface area contributed by atoms with Crippen molar-refractivity contribution in [3.8, 4) is 0 Å². The van der Waals surface area contributed by atoms with Crippen molar-refractivity contribution in [2.24, 2.45) is 5.41 Å². The first-order valence-electron chi connectivity index (χ1n) is 6.09. The number of carbonyl (C=O) groups excluding carboxylic acids is 3. The lowest BCUT2D eigenvalue weighted by molar-refractivity contribution is -0.143. The van der Waals surface area contributed by atoms with Gasteiger partial charge in [0.05, 0.1) is 6.54 Å². The molecule has 0 aromatic heterocycles. The van der Waals surface area contributed by atoms with Gasteiger partial charge in [0.1, 0.15) is 6.04 Å². The minimum absolute atomic E-state index is 0.0618. The summed E-state index contributed by atoms with van der Waals surface area (Å²) in [5, 5.41) is 5.28. The summed E-state index contributed by atoms with van der Waals surface area (Å²) in [6.07, 6.45) is 0. The van der Waals surface area contributed by atoms with Crippen molar-refractivity contribution < 1.29 is 14.4 Å². The zero-order chi connectivity index (χ0) is 13.9. The monoisotopic (exact) mass is 255 g/mol. The molecule has 0 radical (unpaired) electrons. The van der Waals surface area contributed by atoms with Crippen molar-refractivity contribution in [3.05, 3.63) is 0 Å². The fourth-order valence-corrected chi connectivity index (χ4v) is 1.65. The summed E-state index contributed by atoms with van der Waals surface area (Å²) in [7, 11) is 0. The van der Waals surface area contributed by atoms with Gasteiger partial charge in [0, 0.05) is 18.5 Å². The van der Waals surface area contributed by atoms with Gasteiger partial charge in [-0.3, -0.25) is 14.4 Å². The van der Waals surface area contributed by atoms with Gasteiger partial charge in [-0.25, -0.2) is 0 Å². The normalized spacial score (nSPS) is 20.3. The van der Waals surface area contributed by atoms with Gasteiger partial charge in [-0.05, 0) is 6.92 Å². The van der Waals surface area contributed by atoms with E-state index in [0.717, 1.165) is 0 Å². The highest BCUT2D eigenvalue weighted by Crippen LogP contribution is 2.12. The van der Waals surface area contributed by atoms with Gasteiger partial charge in [0.25, 0.3) is 0 Å². The van der Waals surface area contributed by atoms with E-state index in [1.165, 1.54) is 4.90 Å². The third-order valence-corrected chi connectivity index (χ3v) is 2.90. The summed E-state index contributed by atoms with van der Waals surface area (Å²) < 4.78 is 0. The summed E-state index contributed by atoms with van der Waals surface area (Å²) in [5.74, 6) is -0.559. The van der Waals surface area contributed by atoms with Crippen molar-refractivity contribution in [1.29, 1.82) is 0 Å². The Morgan fingerprint density at radius 3 is 2.61 bits per heavy atom. The van der Waals surface area contributed by atoms with E-state index in [9.17, 15) is 14.4 Å². The van der Waals surface area contributed by atoms with Crippen LogP contribution in [0.1, 0.15) is 27.7 Å². The Labute approximate surface area is 107 Å². The molecule has 1 fully saturated rings. The molecule has 0 bridgehead atoms. The molecule has 1 aliphatic rings. The van der Waals surface area contributed by atoms with Crippen LogP contribution in [0.15, 0.2) is 0 Å². The van der Waals surface area contributed by atoms with Crippen molar-refractivity contribution >= 4 is 17.7 Å². The molecule has 1 saturated heterocycles. The number of nitrogens with zero attached hydrogens (tertiary/aromatic N) is 1. The Kier molecular flexibility index (Phi) is 4.32. The van der Waals surface area contributed by atoms with Gasteiger partial charge in [0.2, 0.25) is 17.7 Å². The molecule has 0 aliphatic carbocycles. The lowest BCUT2D eigenvalue weighted by Crippen LogP contribution is -2.57. The largest absolute Gasteiger partial charge is 0.353 e. The molecular weight excluding hydrogens is 234 g/mol. The summed E-state index contributed by atoms with van der Waals surface area (Å²) in [5.41, 5.74) is -0.523. The Bertz CT molecular complexity index is 360. The maximum absolute atomic E-state index is 11.9. The number of hydrogen-bond donors (Lipinski definition) is 2. The molecule has 6 heteroatoms. The van der Waals surface area contributed by atoms with Crippen LogP contribution in [0.2, 0.25) is 0 Å². The predicted octanol–water partition coefficient (Wildman–Crippen LogP) is -0.504. The SMILES string of the molecule is CC1C(=O)NCCN1C(=O)CNC(=O)C(C)(C)C. The number of nitrogens with one attached hydrogen (secondary N) is 2. The van der Waals surface area contributed by atoms with Crippen LogP contribution < -0.4 is 10.6 Å². The second-order valence-electron chi connectivity index (χ2n) is 5.49. The van der Waals surface area contributed by atoms with Crippen LogP contribution in [0.25, 0.3) is 0 Å². The molecule has 0 saturated carbocycles. The van der Waals surface area contributed by atoms with E-state index in [4.69, 9.17) is 0 Å². The number of amides is 3. The smallest absolute Gasteiger partial charge is 0.242 e. The van der Waals surface area contributed by atoms with E-state index < -0.39 is 11.5 Å². The zero-order valence-corrected chi connectivity index (χ0v) is 11.4.